The Morgan fingerprint density at radius 2 is 2.38 bits per heavy atom. The quantitative estimate of drug-likeness (QED) is 0.797. The average Bonchev–Trinajstić information content (AvgIpc) is 2.35. The summed E-state index contributed by atoms with van der Waals surface area (Å²) < 4.78 is 0. The molecule has 16 heavy (non-hydrogen) atoms. The van der Waals surface area contributed by atoms with Crippen molar-refractivity contribution in [3.63, 3.8) is 0 Å². The second-order valence-corrected chi connectivity index (χ2v) is 5.42. The fraction of sp³-hybridized carbons (Fsp3) is 0.917. The third kappa shape index (κ3) is 3.67. The molecule has 4 heteroatoms. The zero-order chi connectivity index (χ0) is 12.0. The number of rotatable bonds is 5. The molecule has 1 amide bonds. The molecule has 0 saturated carbocycles. The Morgan fingerprint density at radius 1 is 1.62 bits per heavy atom. The van der Waals surface area contributed by atoms with Crippen LogP contribution in [0, 0.1) is 5.92 Å². The van der Waals surface area contributed by atoms with Crippen LogP contribution in [0.2, 0.25) is 0 Å². The minimum atomic E-state index is 0.203. The van der Waals surface area contributed by atoms with E-state index in [0.717, 1.165) is 38.1 Å². The maximum absolute atomic E-state index is 12.2. The first-order valence-electron chi connectivity index (χ1n) is 6.17. The van der Waals surface area contributed by atoms with Gasteiger partial charge in [-0.25, -0.2) is 0 Å². The molecule has 1 fully saturated rings. The van der Waals surface area contributed by atoms with Gasteiger partial charge >= 0.3 is 0 Å². The van der Waals surface area contributed by atoms with Crippen molar-refractivity contribution in [2.75, 3.05) is 32.1 Å². The fourth-order valence-electron chi connectivity index (χ4n) is 2.23. The fourth-order valence-corrected chi connectivity index (χ4v) is 3.07. The highest BCUT2D eigenvalue weighted by atomic mass is 32.2. The van der Waals surface area contributed by atoms with Gasteiger partial charge in [-0.3, -0.25) is 4.79 Å². The van der Waals surface area contributed by atoms with Gasteiger partial charge < -0.3 is 10.2 Å². The van der Waals surface area contributed by atoms with Crippen LogP contribution >= 0.6 is 11.8 Å². The first-order valence-corrected chi connectivity index (χ1v) is 7.56. The topological polar surface area (TPSA) is 32.3 Å². The van der Waals surface area contributed by atoms with Gasteiger partial charge in [-0.15, -0.1) is 0 Å². The Hall–Kier alpha value is -0.220. The standard InChI is InChI=1S/C12H24N2OS/c1-4-11(9-16-3)14(2)12(15)10-6-5-7-13-8-10/h10-11,13H,4-9H2,1-3H3. The Labute approximate surface area is 103 Å². The van der Waals surface area contributed by atoms with Crippen LogP contribution in [-0.4, -0.2) is 49.0 Å². The van der Waals surface area contributed by atoms with Crippen molar-refractivity contribution in [2.45, 2.75) is 32.2 Å². The van der Waals surface area contributed by atoms with Crippen LogP contribution in [0.3, 0.4) is 0 Å². The smallest absolute Gasteiger partial charge is 0.226 e. The number of hydrogen-bond acceptors (Lipinski definition) is 3. The van der Waals surface area contributed by atoms with E-state index < -0.39 is 0 Å². The molecule has 94 valence electrons. The predicted molar refractivity (Wildman–Crippen MR) is 70.8 cm³/mol. The van der Waals surface area contributed by atoms with Crippen LogP contribution in [0.15, 0.2) is 0 Å². The lowest BCUT2D eigenvalue weighted by Gasteiger charge is -2.32. The van der Waals surface area contributed by atoms with Gasteiger partial charge in [0.1, 0.15) is 0 Å². The van der Waals surface area contributed by atoms with Crippen molar-refractivity contribution in [3.05, 3.63) is 0 Å². The van der Waals surface area contributed by atoms with E-state index in [0.29, 0.717) is 11.9 Å². The maximum Gasteiger partial charge on any atom is 0.226 e. The summed E-state index contributed by atoms with van der Waals surface area (Å²) in [5.74, 6) is 1.57. The maximum atomic E-state index is 12.2. The molecule has 0 radical (unpaired) electrons. The lowest BCUT2D eigenvalue weighted by molar-refractivity contribution is -0.136. The average molecular weight is 244 g/mol. The van der Waals surface area contributed by atoms with Crippen LogP contribution in [0.1, 0.15) is 26.2 Å². The number of piperidine rings is 1. The number of thioether (sulfide) groups is 1. The van der Waals surface area contributed by atoms with E-state index in [1.54, 1.807) is 0 Å². The molecule has 1 aliphatic rings. The van der Waals surface area contributed by atoms with Crippen molar-refractivity contribution >= 4 is 17.7 Å². The highest BCUT2D eigenvalue weighted by molar-refractivity contribution is 7.98. The minimum absolute atomic E-state index is 0.203. The van der Waals surface area contributed by atoms with E-state index in [1.165, 1.54) is 0 Å². The number of carbonyl (C=O) groups is 1. The summed E-state index contributed by atoms with van der Waals surface area (Å²) in [6, 6.07) is 0.393. The molecule has 0 aliphatic carbocycles. The summed E-state index contributed by atoms with van der Waals surface area (Å²) >= 11 is 1.82. The van der Waals surface area contributed by atoms with Gasteiger partial charge in [-0.2, -0.15) is 11.8 Å². The van der Waals surface area contributed by atoms with E-state index in [1.807, 2.05) is 23.7 Å². The largest absolute Gasteiger partial charge is 0.342 e. The van der Waals surface area contributed by atoms with Gasteiger partial charge in [-0.1, -0.05) is 6.92 Å². The van der Waals surface area contributed by atoms with Gasteiger partial charge in [0.25, 0.3) is 0 Å². The van der Waals surface area contributed by atoms with Crippen LogP contribution < -0.4 is 5.32 Å². The molecule has 1 saturated heterocycles. The van der Waals surface area contributed by atoms with E-state index in [2.05, 4.69) is 18.5 Å². The molecule has 2 atom stereocenters. The normalized spacial score (nSPS) is 22.8. The van der Waals surface area contributed by atoms with Crippen molar-refractivity contribution in [2.24, 2.45) is 5.92 Å². The summed E-state index contributed by atoms with van der Waals surface area (Å²) in [6.45, 7) is 4.08. The van der Waals surface area contributed by atoms with Crippen molar-refractivity contribution < 1.29 is 4.79 Å². The molecule has 1 rings (SSSR count). The molecule has 3 nitrogen and oxygen atoms in total. The van der Waals surface area contributed by atoms with Gasteiger partial charge in [0.15, 0.2) is 0 Å². The predicted octanol–water partition coefficient (Wildman–Crippen LogP) is 1.59. The molecule has 1 N–H and O–H groups in total. The summed E-state index contributed by atoms with van der Waals surface area (Å²) in [6.07, 6.45) is 5.32. The van der Waals surface area contributed by atoms with Gasteiger partial charge in [0.05, 0.1) is 5.92 Å². The molecule has 0 bridgehead atoms. The van der Waals surface area contributed by atoms with E-state index >= 15 is 0 Å². The molecular formula is C12H24N2OS. The van der Waals surface area contributed by atoms with Crippen LogP contribution in [0.5, 0.6) is 0 Å². The number of nitrogens with zero attached hydrogens (tertiary/aromatic N) is 1. The highest BCUT2D eigenvalue weighted by Crippen LogP contribution is 2.16. The monoisotopic (exact) mass is 244 g/mol. The second kappa shape index (κ2) is 7.17. The first-order chi connectivity index (χ1) is 7.70. The van der Waals surface area contributed by atoms with Crippen LogP contribution in [0.25, 0.3) is 0 Å². The Kier molecular flexibility index (Phi) is 6.21. The van der Waals surface area contributed by atoms with Crippen molar-refractivity contribution in [1.82, 2.24) is 10.2 Å². The molecule has 0 spiro atoms. The lowest BCUT2D eigenvalue weighted by atomic mass is 9.97. The number of nitrogens with one attached hydrogen (secondary N) is 1. The van der Waals surface area contributed by atoms with Crippen molar-refractivity contribution in [1.29, 1.82) is 0 Å². The number of hydrogen-bond donors (Lipinski definition) is 1. The van der Waals surface area contributed by atoms with Crippen LogP contribution in [-0.2, 0) is 4.79 Å². The molecule has 0 aromatic rings. The van der Waals surface area contributed by atoms with Gasteiger partial charge in [0.2, 0.25) is 5.91 Å². The van der Waals surface area contributed by atoms with E-state index in [-0.39, 0.29) is 5.92 Å². The molecule has 2 unspecified atom stereocenters. The zero-order valence-corrected chi connectivity index (χ0v) is 11.5. The Morgan fingerprint density at radius 3 is 2.88 bits per heavy atom. The molecular weight excluding hydrogens is 220 g/mol. The lowest BCUT2D eigenvalue weighted by Crippen LogP contribution is -2.46. The van der Waals surface area contributed by atoms with Crippen LogP contribution in [0.4, 0.5) is 0 Å². The zero-order valence-electron chi connectivity index (χ0n) is 10.7. The SMILES string of the molecule is CCC(CSC)N(C)C(=O)C1CCCNC1. The molecule has 0 aromatic carbocycles. The van der Waals surface area contributed by atoms with E-state index in [9.17, 15) is 4.79 Å². The summed E-state index contributed by atoms with van der Waals surface area (Å²) in [5, 5.41) is 3.31. The summed E-state index contributed by atoms with van der Waals surface area (Å²) in [7, 11) is 1.96. The highest BCUT2D eigenvalue weighted by Gasteiger charge is 2.26. The molecule has 1 aliphatic heterocycles. The third-order valence-corrected chi connectivity index (χ3v) is 4.09. The minimum Gasteiger partial charge on any atom is -0.342 e. The Balaban J connectivity index is 2.49. The summed E-state index contributed by atoms with van der Waals surface area (Å²) in [4.78, 5) is 14.2. The van der Waals surface area contributed by atoms with E-state index in [4.69, 9.17) is 0 Å². The van der Waals surface area contributed by atoms with Gasteiger partial charge in [-0.05, 0) is 32.1 Å². The number of carbonyl (C=O) groups excluding carboxylic acids is 1. The van der Waals surface area contributed by atoms with Crippen molar-refractivity contribution in [3.8, 4) is 0 Å². The third-order valence-electron chi connectivity index (χ3n) is 3.37. The van der Waals surface area contributed by atoms with Gasteiger partial charge in [0, 0.05) is 25.4 Å². The first kappa shape index (κ1) is 13.8. The molecule has 0 aromatic heterocycles. The summed E-state index contributed by atoms with van der Waals surface area (Å²) in [5.41, 5.74) is 0. The Bertz CT molecular complexity index is 217. The second-order valence-electron chi connectivity index (χ2n) is 4.51. The number of amides is 1. The molecule has 1 heterocycles.